The molecule has 0 amide bonds. The lowest BCUT2D eigenvalue weighted by molar-refractivity contribution is 0.296. The summed E-state index contributed by atoms with van der Waals surface area (Å²) in [4.78, 5) is 4.21. The van der Waals surface area contributed by atoms with Crippen LogP contribution in [0.25, 0.3) is 0 Å². The Hall–Kier alpha value is -1.97. The quantitative estimate of drug-likeness (QED) is 0.820. The average Bonchev–Trinajstić information content (AvgIpc) is 3.10. The standard InChI is InChI=1S/C14H17N3O/c15-12-2-1-3-13(8-12)18-7-6-17-10-16-9-14(17)11-4-5-11/h1-3,8-11H,4-7,15H2. The highest BCUT2D eigenvalue weighted by molar-refractivity contribution is 5.43. The summed E-state index contributed by atoms with van der Waals surface area (Å²) in [5.41, 5.74) is 7.77. The van der Waals surface area contributed by atoms with Crippen molar-refractivity contribution in [3.8, 4) is 5.75 Å². The average molecular weight is 243 g/mol. The fraction of sp³-hybridized carbons (Fsp3) is 0.357. The molecule has 2 N–H and O–H groups in total. The smallest absolute Gasteiger partial charge is 0.121 e. The van der Waals surface area contributed by atoms with Crippen molar-refractivity contribution in [2.24, 2.45) is 0 Å². The molecule has 1 aliphatic carbocycles. The van der Waals surface area contributed by atoms with Crippen molar-refractivity contribution in [2.75, 3.05) is 12.3 Å². The van der Waals surface area contributed by atoms with Crippen molar-refractivity contribution in [1.82, 2.24) is 9.55 Å². The van der Waals surface area contributed by atoms with Crippen LogP contribution in [-0.4, -0.2) is 16.2 Å². The number of nitrogen functional groups attached to an aromatic ring is 1. The Bertz CT molecular complexity index is 531. The van der Waals surface area contributed by atoms with Crippen LogP contribution < -0.4 is 10.5 Å². The van der Waals surface area contributed by atoms with Gasteiger partial charge in [-0.25, -0.2) is 4.98 Å². The highest BCUT2D eigenvalue weighted by Crippen LogP contribution is 2.39. The largest absolute Gasteiger partial charge is 0.492 e. The van der Waals surface area contributed by atoms with Gasteiger partial charge in [0.1, 0.15) is 12.4 Å². The van der Waals surface area contributed by atoms with Crippen molar-refractivity contribution < 1.29 is 4.74 Å². The van der Waals surface area contributed by atoms with Crippen LogP contribution in [0.4, 0.5) is 5.69 Å². The predicted molar refractivity (Wildman–Crippen MR) is 70.6 cm³/mol. The first kappa shape index (κ1) is 11.1. The number of benzene rings is 1. The summed E-state index contributed by atoms with van der Waals surface area (Å²) >= 11 is 0. The molecule has 0 bridgehead atoms. The molecule has 2 aromatic rings. The monoisotopic (exact) mass is 243 g/mol. The number of aromatic nitrogens is 2. The Morgan fingerprint density at radius 1 is 1.39 bits per heavy atom. The molecule has 0 spiro atoms. The van der Waals surface area contributed by atoms with Crippen molar-refractivity contribution in [3.63, 3.8) is 0 Å². The third kappa shape index (κ3) is 2.47. The van der Waals surface area contributed by atoms with Gasteiger partial charge in [0, 0.05) is 29.6 Å². The van der Waals surface area contributed by atoms with E-state index in [2.05, 4.69) is 9.55 Å². The second kappa shape index (κ2) is 4.72. The second-order valence-corrected chi connectivity index (χ2v) is 4.71. The molecule has 1 heterocycles. The lowest BCUT2D eigenvalue weighted by atomic mass is 10.3. The molecule has 94 valence electrons. The van der Waals surface area contributed by atoms with E-state index in [1.165, 1.54) is 18.5 Å². The Balaban J connectivity index is 1.56. The van der Waals surface area contributed by atoms with Gasteiger partial charge in [-0.05, 0) is 25.0 Å². The van der Waals surface area contributed by atoms with Gasteiger partial charge in [0.15, 0.2) is 0 Å². The van der Waals surface area contributed by atoms with E-state index in [1.807, 2.05) is 36.8 Å². The maximum atomic E-state index is 5.70. The van der Waals surface area contributed by atoms with Gasteiger partial charge in [0.05, 0.1) is 12.9 Å². The highest BCUT2D eigenvalue weighted by atomic mass is 16.5. The number of imidazole rings is 1. The number of ether oxygens (including phenoxy) is 1. The predicted octanol–water partition coefficient (Wildman–Crippen LogP) is 2.42. The molecule has 0 unspecified atom stereocenters. The van der Waals surface area contributed by atoms with E-state index in [-0.39, 0.29) is 0 Å². The topological polar surface area (TPSA) is 53.1 Å². The van der Waals surface area contributed by atoms with E-state index in [0.717, 1.165) is 23.9 Å². The lowest BCUT2D eigenvalue weighted by Crippen LogP contribution is -2.09. The zero-order chi connectivity index (χ0) is 12.4. The van der Waals surface area contributed by atoms with Gasteiger partial charge in [0.25, 0.3) is 0 Å². The number of rotatable bonds is 5. The van der Waals surface area contributed by atoms with Crippen LogP contribution in [0.1, 0.15) is 24.5 Å². The Kier molecular flexibility index (Phi) is 2.92. The zero-order valence-corrected chi connectivity index (χ0v) is 10.2. The molecule has 1 aromatic carbocycles. The van der Waals surface area contributed by atoms with Gasteiger partial charge in [0.2, 0.25) is 0 Å². The highest BCUT2D eigenvalue weighted by Gasteiger charge is 2.26. The first-order chi connectivity index (χ1) is 8.83. The molecule has 1 saturated carbocycles. The molecule has 18 heavy (non-hydrogen) atoms. The number of anilines is 1. The summed E-state index contributed by atoms with van der Waals surface area (Å²) in [6.07, 6.45) is 6.44. The third-order valence-electron chi connectivity index (χ3n) is 3.20. The summed E-state index contributed by atoms with van der Waals surface area (Å²) in [7, 11) is 0. The number of hydrogen-bond donors (Lipinski definition) is 1. The number of hydrogen-bond acceptors (Lipinski definition) is 3. The van der Waals surface area contributed by atoms with Gasteiger partial charge in [-0.2, -0.15) is 0 Å². The van der Waals surface area contributed by atoms with Gasteiger partial charge < -0.3 is 15.0 Å². The van der Waals surface area contributed by atoms with Gasteiger partial charge in [-0.3, -0.25) is 0 Å². The van der Waals surface area contributed by atoms with E-state index >= 15 is 0 Å². The zero-order valence-electron chi connectivity index (χ0n) is 10.2. The summed E-state index contributed by atoms with van der Waals surface area (Å²) in [5.74, 6) is 1.54. The number of nitrogens with two attached hydrogens (primary N) is 1. The van der Waals surface area contributed by atoms with Gasteiger partial charge >= 0.3 is 0 Å². The van der Waals surface area contributed by atoms with Gasteiger partial charge in [-0.15, -0.1) is 0 Å². The summed E-state index contributed by atoms with van der Waals surface area (Å²) in [5, 5.41) is 0. The molecule has 1 aliphatic rings. The molecule has 3 rings (SSSR count). The van der Waals surface area contributed by atoms with Crippen LogP contribution in [0.3, 0.4) is 0 Å². The molecule has 4 nitrogen and oxygen atoms in total. The molecular weight excluding hydrogens is 226 g/mol. The molecule has 0 saturated heterocycles. The van der Waals surface area contributed by atoms with E-state index in [4.69, 9.17) is 10.5 Å². The van der Waals surface area contributed by atoms with Crippen LogP contribution in [0.2, 0.25) is 0 Å². The third-order valence-corrected chi connectivity index (χ3v) is 3.20. The van der Waals surface area contributed by atoms with Crippen molar-refractivity contribution in [3.05, 3.63) is 42.5 Å². The molecule has 4 heteroatoms. The molecule has 0 aliphatic heterocycles. The first-order valence-corrected chi connectivity index (χ1v) is 6.31. The molecule has 0 atom stereocenters. The van der Waals surface area contributed by atoms with Crippen molar-refractivity contribution in [2.45, 2.75) is 25.3 Å². The normalized spacial score (nSPS) is 14.7. The van der Waals surface area contributed by atoms with E-state index in [1.54, 1.807) is 0 Å². The summed E-state index contributed by atoms with van der Waals surface area (Å²) in [6.45, 7) is 1.47. The first-order valence-electron chi connectivity index (χ1n) is 6.31. The fourth-order valence-electron chi connectivity index (χ4n) is 2.10. The molecule has 1 aromatic heterocycles. The second-order valence-electron chi connectivity index (χ2n) is 4.71. The van der Waals surface area contributed by atoms with E-state index < -0.39 is 0 Å². The van der Waals surface area contributed by atoms with Crippen molar-refractivity contribution >= 4 is 5.69 Å². The maximum Gasteiger partial charge on any atom is 0.121 e. The van der Waals surface area contributed by atoms with Crippen LogP contribution in [0.5, 0.6) is 5.75 Å². The van der Waals surface area contributed by atoms with Crippen molar-refractivity contribution in [1.29, 1.82) is 0 Å². The molecule has 1 fully saturated rings. The van der Waals surface area contributed by atoms with E-state index in [0.29, 0.717) is 6.61 Å². The summed E-state index contributed by atoms with van der Waals surface area (Å²) in [6, 6.07) is 7.52. The maximum absolute atomic E-state index is 5.70. The van der Waals surface area contributed by atoms with E-state index in [9.17, 15) is 0 Å². The lowest BCUT2D eigenvalue weighted by Gasteiger charge is -2.09. The SMILES string of the molecule is Nc1cccc(OCCn2cncc2C2CC2)c1. The van der Waals surface area contributed by atoms with Crippen LogP contribution in [0, 0.1) is 0 Å². The Labute approximate surface area is 106 Å². The molecular formula is C14H17N3O. The minimum Gasteiger partial charge on any atom is -0.492 e. The van der Waals surface area contributed by atoms with Crippen LogP contribution >= 0.6 is 0 Å². The fourth-order valence-corrected chi connectivity index (χ4v) is 2.10. The van der Waals surface area contributed by atoms with Crippen LogP contribution in [-0.2, 0) is 6.54 Å². The summed E-state index contributed by atoms with van der Waals surface area (Å²) < 4.78 is 7.87. The van der Waals surface area contributed by atoms with Gasteiger partial charge in [-0.1, -0.05) is 6.07 Å². The van der Waals surface area contributed by atoms with Crippen LogP contribution in [0.15, 0.2) is 36.8 Å². The molecule has 0 radical (unpaired) electrons. The minimum absolute atomic E-state index is 0.638. The Morgan fingerprint density at radius 2 is 2.28 bits per heavy atom. The minimum atomic E-state index is 0.638. The number of nitrogens with zero attached hydrogens (tertiary/aromatic N) is 2. The Morgan fingerprint density at radius 3 is 3.06 bits per heavy atom.